The Balaban J connectivity index is 1.64. The average Bonchev–Trinajstić information content (AvgIpc) is 3.20. The van der Waals surface area contributed by atoms with Gasteiger partial charge in [-0.1, -0.05) is 0 Å². The number of hydrogen-bond donors (Lipinski definition) is 1. The number of rotatable bonds is 5. The fourth-order valence-electron chi connectivity index (χ4n) is 3.10. The van der Waals surface area contributed by atoms with E-state index in [0.29, 0.717) is 25.9 Å². The lowest BCUT2D eigenvalue weighted by Crippen LogP contribution is -2.45. The normalized spacial score (nSPS) is 18.8. The molecule has 0 saturated carbocycles. The molecule has 2 aromatic heterocycles. The summed E-state index contributed by atoms with van der Waals surface area (Å²) in [6.45, 7) is 2.94. The number of carbonyl (C=O) groups excluding carboxylic acids is 1. The lowest BCUT2D eigenvalue weighted by molar-refractivity contribution is -0.126. The van der Waals surface area contributed by atoms with E-state index in [0.717, 1.165) is 11.3 Å². The van der Waals surface area contributed by atoms with E-state index in [1.54, 1.807) is 17.9 Å². The third-order valence-corrected chi connectivity index (χ3v) is 6.68. The van der Waals surface area contributed by atoms with Crippen LogP contribution < -0.4 is 5.32 Å². The smallest absolute Gasteiger partial charge is 0.246 e. The maximum atomic E-state index is 12.7. The summed E-state index contributed by atoms with van der Waals surface area (Å²) in [5.74, 6) is -0.480. The molecule has 9 nitrogen and oxygen atoms in total. The van der Waals surface area contributed by atoms with E-state index in [9.17, 15) is 13.2 Å². The van der Waals surface area contributed by atoms with Crippen LogP contribution in [0.2, 0.25) is 0 Å². The summed E-state index contributed by atoms with van der Waals surface area (Å²) in [5, 5.41) is 11.0. The van der Waals surface area contributed by atoms with Crippen LogP contribution in [-0.2, 0) is 35.5 Å². The quantitative estimate of drug-likeness (QED) is 0.797. The first-order chi connectivity index (χ1) is 12.3. The minimum Gasteiger partial charge on any atom is -0.352 e. The molecule has 1 atom stereocenters. The van der Waals surface area contributed by atoms with Gasteiger partial charge in [0, 0.05) is 51.2 Å². The molecule has 1 N–H and O–H groups in total. The third kappa shape index (κ3) is 3.65. The Hall–Kier alpha value is -2.20. The molecule has 0 spiro atoms. The van der Waals surface area contributed by atoms with Crippen LogP contribution in [0.1, 0.15) is 24.1 Å². The van der Waals surface area contributed by atoms with Gasteiger partial charge in [-0.05, 0) is 19.8 Å². The van der Waals surface area contributed by atoms with Gasteiger partial charge < -0.3 is 5.32 Å². The largest absolute Gasteiger partial charge is 0.352 e. The van der Waals surface area contributed by atoms with Gasteiger partial charge in [0.05, 0.1) is 18.3 Å². The second kappa shape index (κ2) is 7.20. The molecule has 1 amide bonds. The molecule has 3 heterocycles. The van der Waals surface area contributed by atoms with Crippen LogP contribution in [0.15, 0.2) is 23.5 Å². The predicted octanol–water partition coefficient (Wildman–Crippen LogP) is 0.179. The fraction of sp³-hybridized carbons (Fsp3) is 0.562. The Morgan fingerprint density at radius 1 is 1.31 bits per heavy atom. The van der Waals surface area contributed by atoms with Crippen LogP contribution in [0.5, 0.6) is 0 Å². The zero-order chi connectivity index (χ0) is 18.9. The van der Waals surface area contributed by atoms with Gasteiger partial charge in [-0.3, -0.25) is 14.2 Å². The van der Waals surface area contributed by atoms with Gasteiger partial charge >= 0.3 is 0 Å². The molecular formula is C16H24N6O3S. The second-order valence-electron chi connectivity index (χ2n) is 6.65. The van der Waals surface area contributed by atoms with Crippen molar-refractivity contribution in [1.82, 2.24) is 29.2 Å². The molecule has 3 rings (SSSR count). The van der Waals surface area contributed by atoms with Gasteiger partial charge in [0.1, 0.15) is 4.90 Å². The van der Waals surface area contributed by atoms with E-state index in [1.165, 1.54) is 21.4 Å². The number of nitrogens with one attached hydrogen (secondary N) is 1. The number of sulfonamides is 1. The summed E-state index contributed by atoms with van der Waals surface area (Å²) in [7, 11) is -0.0988. The molecule has 1 aliphatic heterocycles. The molecule has 2 aromatic rings. The van der Waals surface area contributed by atoms with Gasteiger partial charge in [-0.2, -0.15) is 14.5 Å². The number of carbonyl (C=O) groups is 1. The molecule has 1 aliphatic rings. The van der Waals surface area contributed by atoms with E-state index >= 15 is 0 Å². The third-order valence-electron chi connectivity index (χ3n) is 4.86. The van der Waals surface area contributed by atoms with Gasteiger partial charge in [0.25, 0.3) is 0 Å². The van der Waals surface area contributed by atoms with E-state index in [1.807, 2.05) is 14.0 Å². The molecule has 10 heteroatoms. The highest BCUT2D eigenvalue weighted by Crippen LogP contribution is 2.23. The summed E-state index contributed by atoms with van der Waals surface area (Å²) < 4.78 is 30.0. The van der Waals surface area contributed by atoms with Crippen molar-refractivity contribution >= 4 is 15.9 Å². The molecule has 0 aromatic carbocycles. The highest BCUT2D eigenvalue weighted by atomic mass is 32.2. The van der Waals surface area contributed by atoms with Crippen molar-refractivity contribution in [1.29, 1.82) is 0 Å². The summed E-state index contributed by atoms with van der Waals surface area (Å²) >= 11 is 0. The molecule has 1 saturated heterocycles. The van der Waals surface area contributed by atoms with Crippen molar-refractivity contribution in [3.8, 4) is 0 Å². The second-order valence-corrected chi connectivity index (χ2v) is 8.59. The van der Waals surface area contributed by atoms with Crippen LogP contribution in [0, 0.1) is 12.8 Å². The highest BCUT2D eigenvalue weighted by Gasteiger charge is 2.33. The van der Waals surface area contributed by atoms with Gasteiger partial charge in [0.2, 0.25) is 15.9 Å². The summed E-state index contributed by atoms with van der Waals surface area (Å²) in [6, 6.07) is 0. The molecule has 0 aliphatic carbocycles. The molecule has 26 heavy (non-hydrogen) atoms. The Labute approximate surface area is 153 Å². The fourth-order valence-corrected chi connectivity index (χ4v) is 4.61. The van der Waals surface area contributed by atoms with E-state index in [4.69, 9.17) is 0 Å². The lowest BCUT2D eigenvalue weighted by Gasteiger charge is -2.30. The van der Waals surface area contributed by atoms with E-state index < -0.39 is 10.0 Å². The van der Waals surface area contributed by atoms with Crippen molar-refractivity contribution in [3.05, 3.63) is 29.8 Å². The number of aromatic nitrogens is 4. The average molecular weight is 380 g/mol. The monoisotopic (exact) mass is 380 g/mol. The molecule has 0 unspecified atom stereocenters. The van der Waals surface area contributed by atoms with Crippen LogP contribution in [0.4, 0.5) is 0 Å². The SMILES string of the molecule is Cc1c(CNC(=O)[C@@H]2CCCN(S(=O)(=O)c3cnn(C)c3)C2)cnn1C. The number of aryl methyl sites for hydroxylation is 2. The van der Waals surface area contributed by atoms with Crippen molar-refractivity contribution in [2.45, 2.75) is 31.2 Å². The Morgan fingerprint density at radius 3 is 2.69 bits per heavy atom. The summed E-state index contributed by atoms with van der Waals surface area (Å²) in [6.07, 6.45) is 5.88. The Morgan fingerprint density at radius 2 is 2.08 bits per heavy atom. The predicted molar refractivity (Wildman–Crippen MR) is 94.5 cm³/mol. The van der Waals surface area contributed by atoms with E-state index in [-0.39, 0.29) is 23.3 Å². The van der Waals surface area contributed by atoms with Gasteiger partial charge in [0.15, 0.2) is 0 Å². The summed E-state index contributed by atoms with van der Waals surface area (Å²) in [4.78, 5) is 12.7. The van der Waals surface area contributed by atoms with Crippen LogP contribution in [0.3, 0.4) is 0 Å². The number of amides is 1. The van der Waals surface area contributed by atoms with Crippen LogP contribution in [0.25, 0.3) is 0 Å². The topological polar surface area (TPSA) is 102 Å². The van der Waals surface area contributed by atoms with Crippen molar-refractivity contribution in [2.75, 3.05) is 13.1 Å². The molecule has 1 fully saturated rings. The standard InChI is InChI=1S/C16H24N6O3S/c1-12-14(8-19-21(12)3)7-17-16(23)13-5-4-6-22(10-13)26(24,25)15-9-18-20(2)11-15/h8-9,11,13H,4-7,10H2,1-3H3,(H,17,23)/t13-/m1/s1. The van der Waals surface area contributed by atoms with Crippen molar-refractivity contribution in [3.63, 3.8) is 0 Å². The minimum absolute atomic E-state index is 0.126. The minimum atomic E-state index is -3.62. The first-order valence-corrected chi connectivity index (χ1v) is 9.97. The van der Waals surface area contributed by atoms with Gasteiger partial charge in [-0.25, -0.2) is 8.42 Å². The molecule has 0 radical (unpaired) electrons. The number of nitrogens with zero attached hydrogens (tertiary/aromatic N) is 5. The highest BCUT2D eigenvalue weighted by molar-refractivity contribution is 7.89. The zero-order valence-electron chi connectivity index (χ0n) is 15.2. The zero-order valence-corrected chi connectivity index (χ0v) is 16.0. The Kier molecular flexibility index (Phi) is 5.15. The maximum absolute atomic E-state index is 12.7. The van der Waals surface area contributed by atoms with Gasteiger partial charge in [-0.15, -0.1) is 0 Å². The number of hydrogen-bond acceptors (Lipinski definition) is 5. The lowest BCUT2D eigenvalue weighted by atomic mass is 9.99. The van der Waals surface area contributed by atoms with E-state index in [2.05, 4.69) is 15.5 Å². The molecular weight excluding hydrogens is 356 g/mol. The number of piperidine rings is 1. The molecule has 0 bridgehead atoms. The maximum Gasteiger partial charge on any atom is 0.246 e. The van der Waals surface area contributed by atoms with Crippen LogP contribution >= 0.6 is 0 Å². The molecule has 142 valence electrons. The first-order valence-electron chi connectivity index (χ1n) is 8.53. The van der Waals surface area contributed by atoms with Crippen molar-refractivity contribution < 1.29 is 13.2 Å². The first kappa shape index (κ1) is 18.6. The summed E-state index contributed by atoms with van der Waals surface area (Å²) in [5.41, 5.74) is 1.95. The van der Waals surface area contributed by atoms with Crippen LogP contribution in [-0.4, -0.2) is 51.3 Å². The van der Waals surface area contributed by atoms with Crippen molar-refractivity contribution in [2.24, 2.45) is 20.0 Å². The Bertz CT molecular complexity index is 901.